The first kappa shape index (κ1) is 15.3. The van der Waals surface area contributed by atoms with Crippen LogP contribution in [0.3, 0.4) is 0 Å². The number of nitrogens with one attached hydrogen (secondary N) is 1. The van der Waals surface area contributed by atoms with Gasteiger partial charge in [-0.15, -0.1) is 0 Å². The number of hydrogen-bond donors (Lipinski definition) is 1. The monoisotopic (exact) mass is 309 g/mol. The smallest absolute Gasteiger partial charge is 0.327 e. The highest BCUT2D eigenvalue weighted by Gasteiger charge is 2.34. The summed E-state index contributed by atoms with van der Waals surface area (Å²) < 4.78 is 0. The topological polar surface area (TPSA) is 69.7 Å². The van der Waals surface area contributed by atoms with Crippen molar-refractivity contribution >= 4 is 29.4 Å². The molecule has 7 heteroatoms. The molecule has 1 aliphatic rings. The molecular formula is C14H16ClN3O3. The summed E-state index contributed by atoms with van der Waals surface area (Å²) in [6.07, 6.45) is 0. The summed E-state index contributed by atoms with van der Waals surface area (Å²) in [5, 5.41) is 3.29. The SMILES string of the molecule is CC(NC(=O)CN1C(=O)CN(C)C1=O)c1ccccc1Cl. The second-order valence-electron chi connectivity index (χ2n) is 4.93. The molecule has 1 atom stereocenters. The van der Waals surface area contributed by atoms with Gasteiger partial charge in [-0.2, -0.15) is 0 Å². The van der Waals surface area contributed by atoms with Gasteiger partial charge < -0.3 is 10.2 Å². The van der Waals surface area contributed by atoms with Gasteiger partial charge in [0.2, 0.25) is 5.91 Å². The molecule has 0 bridgehead atoms. The van der Waals surface area contributed by atoms with E-state index in [4.69, 9.17) is 11.6 Å². The number of carbonyl (C=O) groups excluding carboxylic acids is 3. The van der Waals surface area contributed by atoms with Crippen LogP contribution in [0.25, 0.3) is 0 Å². The third kappa shape index (κ3) is 3.33. The Labute approximate surface area is 127 Å². The average Bonchev–Trinajstić information content (AvgIpc) is 2.65. The van der Waals surface area contributed by atoms with E-state index in [1.165, 1.54) is 11.9 Å². The number of rotatable bonds is 4. The zero-order valence-corrected chi connectivity index (χ0v) is 12.6. The Kier molecular flexibility index (Phi) is 4.47. The second kappa shape index (κ2) is 6.13. The number of halogens is 1. The van der Waals surface area contributed by atoms with Gasteiger partial charge in [0.1, 0.15) is 13.1 Å². The minimum atomic E-state index is -0.458. The Morgan fingerprint density at radius 1 is 1.38 bits per heavy atom. The van der Waals surface area contributed by atoms with Gasteiger partial charge in [-0.1, -0.05) is 29.8 Å². The Morgan fingerprint density at radius 2 is 2.05 bits per heavy atom. The molecule has 2 rings (SSSR count). The van der Waals surface area contributed by atoms with Gasteiger partial charge in [-0.05, 0) is 18.6 Å². The lowest BCUT2D eigenvalue weighted by Gasteiger charge is -2.18. The summed E-state index contributed by atoms with van der Waals surface area (Å²) in [6.45, 7) is 1.52. The number of hydrogen-bond acceptors (Lipinski definition) is 3. The van der Waals surface area contributed by atoms with Crippen LogP contribution in [-0.2, 0) is 9.59 Å². The fourth-order valence-corrected chi connectivity index (χ4v) is 2.46. The Balaban J connectivity index is 1.98. The molecule has 1 saturated heterocycles. The van der Waals surface area contributed by atoms with Crippen LogP contribution in [0, 0.1) is 0 Å². The van der Waals surface area contributed by atoms with Gasteiger partial charge in [0.25, 0.3) is 5.91 Å². The molecule has 1 fully saturated rings. The molecule has 1 heterocycles. The van der Waals surface area contributed by atoms with Crippen LogP contribution in [0.15, 0.2) is 24.3 Å². The van der Waals surface area contributed by atoms with E-state index in [0.717, 1.165) is 10.5 Å². The van der Waals surface area contributed by atoms with E-state index in [1.807, 2.05) is 12.1 Å². The Hall–Kier alpha value is -2.08. The van der Waals surface area contributed by atoms with Crippen LogP contribution in [0.5, 0.6) is 0 Å². The first-order chi connectivity index (χ1) is 9.90. The number of imide groups is 1. The molecule has 4 amide bonds. The number of benzene rings is 1. The number of nitrogens with zero attached hydrogens (tertiary/aromatic N) is 2. The predicted octanol–water partition coefficient (Wildman–Crippen LogP) is 1.41. The molecule has 21 heavy (non-hydrogen) atoms. The first-order valence-electron chi connectivity index (χ1n) is 6.49. The zero-order valence-electron chi connectivity index (χ0n) is 11.8. The van der Waals surface area contributed by atoms with Crippen molar-refractivity contribution in [1.82, 2.24) is 15.1 Å². The van der Waals surface area contributed by atoms with Crippen molar-refractivity contribution in [1.29, 1.82) is 0 Å². The van der Waals surface area contributed by atoms with E-state index in [1.54, 1.807) is 19.1 Å². The minimum Gasteiger partial charge on any atom is -0.348 e. The van der Waals surface area contributed by atoms with Gasteiger partial charge in [-0.3, -0.25) is 14.5 Å². The molecule has 0 aromatic heterocycles. The summed E-state index contributed by atoms with van der Waals surface area (Å²) in [5.74, 6) is -0.775. The van der Waals surface area contributed by atoms with Crippen molar-refractivity contribution in [2.75, 3.05) is 20.1 Å². The molecule has 0 saturated carbocycles. The van der Waals surface area contributed by atoms with Crippen LogP contribution >= 0.6 is 11.6 Å². The lowest BCUT2D eigenvalue weighted by Crippen LogP contribution is -2.41. The molecule has 0 spiro atoms. The highest BCUT2D eigenvalue weighted by Crippen LogP contribution is 2.22. The van der Waals surface area contributed by atoms with E-state index >= 15 is 0 Å². The lowest BCUT2D eigenvalue weighted by molar-refractivity contribution is -0.131. The van der Waals surface area contributed by atoms with Gasteiger partial charge in [0, 0.05) is 12.1 Å². The predicted molar refractivity (Wildman–Crippen MR) is 77.7 cm³/mol. The van der Waals surface area contributed by atoms with Crippen molar-refractivity contribution in [2.45, 2.75) is 13.0 Å². The summed E-state index contributed by atoms with van der Waals surface area (Å²) in [6, 6.07) is 6.41. The normalized spacial score (nSPS) is 16.3. The third-order valence-electron chi connectivity index (χ3n) is 3.28. The zero-order chi connectivity index (χ0) is 15.6. The van der Waals surface area contributed by atoms with E-state index in [2.05, 4.69) is 5.32 Å². The Bertz CT molecular complexity index is 591. The van der Waals surface area contributed by atoms with Gasteiger partial charge in [-0.25, -0.2) is 4.79 Å². The highest BCUT2D eigenvalue weighted by atomic mass is 35.5. The van der Waals surface area contributed by atoms with Crippen molar-refractivity contribution in [2.24, 2.45) is 0 Å². The number of amides is 4. The maximum atomic E-state index is 12.0. The quantitative estimate of drug-likeness (QED) is 0.855. The maximum Gasteiger partial charge on any atom is 0.327 e. The van der Waals surface area contributed by atoms with Gasteiger partial charge in [0.15, 0.2) is 0 Å². The van der Waals surface area contributed by atoms with Crippen LogP contribution in [-0.4, -0.2) is 47.8 Å². The van der Waals surface area contributed by atoms with E-state index < -0.39 is 11.9 Å². The summed E-state index contributed by atoms with van der Waals surface area (Å²) in [5.41, 5.74) is 0.781. The summed E-state index contributed by atoms with van der Waals surface area (Å²) >= 11 is 6.06. The molecule has 1 unspecified atom stereocenters. The molecule has 1 aromatic carbocycles. The van der Waals surface area contributed by atoms with Crippen LogP contribution in [0.2, 0.25) is 5.02 Å². The third-order valence-corrected chi connectivity index (χ3v) is 3.63. The van der Waals surface area contributed by atoms with E-state index in [0.29, 0.717) is 5.02 Å². The highest BCUT2D eigenvalue weighted by molar-refractivity contribution is 6.31. The van der Waals surface area contributed by atoms with Crippen LogP contribution in [0.4, 0.5) is 4.79 Å². The molecule has 0 radical (unpaired) electrons. The van der Waals surface area contributed by atoms with Crippen molar-refractivity contribution < 1.29 is 14.4 Å². The molecule has 112 valence electrons. The largest absolute Gasteiger partial charge is 0.348 e. The van der Waals surface area contributed by atoms with Crippen LogP contribution in [0.1, 0.15) is 18.5 Å². The molecule has 1 aromatic rings. The number of carbonyl (C=O) groups is 3. The Morgan fingerprint density at radius 3 is 2.62 bits per heavy atom. The van der Waals surface area contributed by atoms with Crippen molar-refractivity contribution in [3.05, 3.63) is 34.9 Å². The van der Waals surface area contributed by atoms with E-state index in [9.17, 15) is 14.4 Å². The van der Waals surface area contributed by atoms with E-state index in [-0.39, 0.29) is 25.0 Å². The van der Waals surface area contributed by atoms with Gasteiger partial charge >= 0.3 is 6.03 Å². The fraction of sp³-hybridized carbons (Fsp3) is 0.357. The molecule has 0 aliphatic carbocycles. The summed E-state index contributed by atoms with van der Waals surface area (Å²) in [4.78, 5) is 37.5. The van der Waals surface area contributed by atoms with Gasteiger partial charge in [0.05, 0.1) is 6.04 Å². The molecule has 1 aliphatic heterocycles. The number of urea groups is 1. The summed E-state index contributed by atoms with van der Waals surface area (Å²) in [7, 11) is 1.52. The molecule has 6 nitrogen and oxygen atoms in total. The van der Waals surface area contributed by atoms with Crippen LogP contribution < -0.4 is 5.32 Å². The maximum absolute atomic E-state index is 12.0. The van der Waals surface area contributed by atoms with Crippen molar-refractivity contribution in [3.8, 4) is 0 Å². The second-order valence-corrected chi connectivity index (χ2v) is 5.34. The standard InChI is InChI=1S/C14H16ClN3O3/c1-9(10-5-3-4-6-11(10)15)16-12(19)7-18-13(20)8-17(2)14(18)21/h3-6,9H,7-8H2,1-2H3,(H,16,19). The first-order valence-corrected chi connectivity index (χ1v) is 6.87. The molecular weight excluding hydrogens is 294 g/mol. The van der Waals surface area contributed by atoms with Crippen molar-refractivity contribution in [3.63, 3.8) is 0 Å². The number of likely N-dealkylation sites (N-methyl/N-ethyl adjacent to an activating group) is 1. The minimum absolute atomic E-state index is 0.00613. The molecule has 1 N–H and O–H groups in total. The fourth-order valence-electron chi connectivity index (χ4n) is 2.16. The lowest BCUT2D eigenvalue weighted by atomic mass is 10.1. The average molecular weight is 310 g/mol.